The summed E-state index contributed by atoms with van der Waals surface area (Å²) in [5.41, 5.74) is 0.314. The Labute approximate surface area is 171 Å². The summed E-state index contributed by atoms with van der Waals surface area (Å²) in [5.74, 6) is -1.63. The number of methoxy groups -OCH3 is 3. The normalized spacial score (nSPS) is 10.5. The summed E-state index contributed by atoms with van der Waals surface area (Å²) in [7, 11) is 3.76. The second kappa shape index (κ2) is 8.24. The zero-order chi connectivity index (χ0) is 21.1. The number of nitrogens with zero attached hydrogens (tertiary/aromatic N) is 2. The van der Waals surface area contributed by atoms with Crippen molar-refractivity contribution in [2.75, 3.05) is 21.3 Å². The van der Waals surface area contributed by atoms with E-state index in [0.29, 0.717) is 5.69 Å². The van der Waals surface area contributed by atoms with E-state index in [1.165, 1.54) is 38.1 Å². The Kier molecular flexibility index (Phi) is 5.74. The van der Waals surface area contributed by atoms with Gasteiger partial charge in [-0.05, 0) is 18.2 Å². The fourth-order valence-electron chi connectivity index (χ4n) is 2.83. The SMILES string of the molecule is COC(=O)c1c(-c2cc(Cl)c(OC)cc2O)nn(-c2ccccc2)c1C(=O)OC. The maximum Gasteiger partial charge on any atom is 0.357 e. The van der Waals surface area contributed by atoms with E-state index in [2.05, 4.69) is 5.10 Å². The molecule has 0 spiro atoms. The van der Waals surface area contributed by atoms with Gasteiger partial charge < -0.3 is 19.3 Å². The molecule has 3 rings (SSSR count). The smallest absolute Gasteiger partial charge is 0.357 e. The fourth-order valence-corrected chi connectivity index (χ4v) is 3.07. The van der Waals surface area contributed by atoms with Crippen molar-refractivity contribution in [2.24, 2.45) is 0 Å². The molecule has 1 N–H and O–H groups in total. The number of hydrogen-bond donors (Lipinski definition) is 1. The van der Waals surface area contributed by atoms with Crippen LogP contribution in [-0.4, -0.2) is 48.2 Å². The summed E-state index contributed by atoms with van der Waals surface area (Å²) in [6.07, 6.45) is 0. The van der Waals surface area contributed by atoms with Crippen molar-refractivity contribution < 1.29 is 28.9 Å². The largest absolute Gasteiger partial charge is 0.507 e. The third-order valence-corrected chi connectivity index (χ3v) is 4.48. The molecule has 1 aromatic heterocycles. The number of phenolic OH excluding ortho intramolecular Hbond substituents is 1. The number of rotatable bonds is 5. The van der Waals surface area contributed by atoms with Crippen LogP contribution in [0.2, 0.25) is 5.02 Å². The van der Waals surface area contributed by atoms with Gasteiger partial charge in [0.15, 0.2) is 5.69 Å². The summed E-state index contributed by atoms with van der Waals surface area (Å²) in [6.45, 7) is 0. The van der Waals surface area contributed by atoms with Gasteiger partial charge in [-0.15, -0.1) is 0 Å². The summed E-state index contributed by atoms with van der Waals surface area (Å²) in [5, 5.41) is 15.1. The van der Waals surface area contributed by atoms with Crippen LogP contribution in [0.25, 0.3) is 16.9 Å². The molecule has 0 bridgehead atoms. The van der Waals surface area contributed by atoms with Gasteiger partial charge in [0.05, 0.1) is 32.0 Å². The van der Waals surface area contributed by atoms with Crippen molar-refractivity contribution in [3.05, 3.63) is 58.7 Å². The van der Waals surface area contributed by atoms with Crippen molar-refractivity contribution in [3.63, 3.8) is 0 Å². The van der Waals surface area contributed by atoms with Gasteiger partial charge in [-0.2, -0.15) is 5.10 Å². The van der Waals surface area contributed by atoms with E-state index in [-0.39, 0.29) is 39.0 Å². The minimum atomic E-state index is -0.825. The second-order valence-corrected chi connectivity index (χ2v) is 6.21. The first-order valence-corrected chi connectivity index (χ1v) is 8.72. The zero-order valence-corrected chi connectivity index (χ0v) is 16.6. The van der Waals surface area contributed by atoms with Gasteiger partial charge in [0, 0.05) is 11.6 Å². The molecule has 150 valence electrons. The molecular weight excluding hydrogens is 400 g/mol. The maximum absolute atomic E-state index is 12.6. The van der Waals surface area contributed by atoms with Crippen molar-refractivity contribution in [1.82, 2.24) is 9.78 Å². The van der Waals surface area contributed by atoms with Crippen LogP contribution in [0.3, 0.4) is 0 Å². The van der Waals surface area contributed by atoms with E-state index in [0.717, 1.165) is 0 Å². The standard InChI is InChI=1S/C20H17ClN2O6/c1-27-15-10-14(24)12(9-13(15)21)17-16(19(25)28-2)18(20(26)29-3)23(22-17)11-7-5-4-6-8-11/h4-10,24H,1-3H3. The number of phenols is 1. The van der Waals surface area contributed by atoms with Crippen molar-refractivity contribution in [3.8, 4) is 28.4 Å². The molecule has 0 saturated carbocycles. The molecule has 0 unspecified atom stereocenters. The fraction of sp³-hybridized carbons (Fsp3) is 0.150. The molecule has 0 amide bonds. The Morgan fingerprint density at radius 3 is 2.28 bits per heavy atom. The molecule has 3 aromatic rings. The second-order valence-electron chi connectivity index (χ2n) is 5.81. The lowest BCUT2D eigenvalue weighted by atomic mass is 10.0. The Hall–Kier alpha value is -3.52. The van der Waals surface area contributed by atoms with E-state index in [1.54, 1.807) is 30.3 Å². The van der Waals surface area contributed by atoms with Crippen molar-refractivity contribution in [2.45, 2.75) is 0 Å². The number of esters is 2. The van der Waals surface area contributed by atoms with Crippen LogP contribution >= 0.6 is 11.6 Å². The van der Waals surface area contributed by atoms with Gasteiger partial charge in [-0.25, -0.2) is 14.3 Å². The van der Waals surface area contributed by atoms with Gasteiger partial charge in [-0.1, -0.05) is 29.8 Å². The quantitative estimate of drug-likeness (QED) is 0.635. The topological polar surface area (TPSA) is 99.9 Å². The van der Waals surface area contributed by atoms with Crippen LogP contribution in [0.5, 0.6) is 11.5 Å². The molecule has 0 fully saturated rings. The summed E-state index contributed by atoms with van der Waals surface area (Å²) in [4.78, 5) is 25.1. The monoisotopic (exact) mass is 416 g/mol. The number of aromatic nitrogens is 2. The molecule has 9 heteroatoms. The highest BCUT2D eigenvalue weighted by Gasteiger charge is 2.32. The van der Waals surface area contributed by atoms with Crippen LogP contribution in [-0.2, 0) is 9.47 Å². The number of aromatic hydroxyl groups is 1. The van der Waals surface area contributed by atoms with E-state index in [9.17, 15) is 14.7 Å². The predicted molar refractivity (Wildman–Crippen MR) is 105 cm³/mol. The first-order valence-electron chi connectivity index (χ1n) is 8.34. The Balaban J connectivity index is 2.39. The number of carbonyl (C=O) groups excluding carboxylic acids is 2. The Morgan fingerprint density at radius 2 is 1.69 bits per heavy atom. The molecule has 2 aromatic carbocycles. The minimum absolute atomic E-state index is 0.00292. The molecule has 8 nitrogen and oxygen atoms in total. The van der Waals surface area contributed by atoms with E-state index >= 15 is 0 Å². The zero-order valence-electron chi connectivity index (χ0n) is 15.8. The van der Waals surface area contributed by atoms with E-state index in [1.807, 2.05) is 0 Å². The van der Waals surface area contributed by atoms with Crippen LogP contribution in [0, 0.1) is 0 Å². The summed E-state index contributed by atoms with van der Waals surface area (Å²) < 4.78 is 16.1. The highest BCUT2D eigenvalue weighted by molar-refractivity contribution is 6.32. The van der Waals surface area contributed by atoms with Crippen LogP contribution in [0.1, 0.15) is 20.8 Å². The molecule has 1 heterocycles. The third kappa shape index (κ3) is 3.62. The lowest BCUT2D eigenvalue weighted by molar-refractivity contribution is 0.0549. The highest BCUT2D eigenvalue weighted by atomic mass is 35.5. The molecule has 0 atom stereocenters. The Bertz CT molecular complexity index is 1080. The highest BCUT2D eigenvalue weighted by Crippen LogP contribution is 2.40. The number of carbonyl (C=O) groups is 2. The molecular formula is C20H17ClN2O6. The molecule has 29 heavy (non-hydrogen) atoms. The van der Waals surface area contributed by atoms with Crippen molar-refractivity contribution >= 4 is 23.5 Å². The molecule has 0 radical (unpaired) electrons. The molecule has 0 saturated heterocycles. The number of halogens is 1. The Morgan fingerprint density at radius 1 is 1.03 bits per heavy atom. The summed E-state index contributed by atoms with van der Waals surface area (Å²) in [6, 6.07) is 11.4. The minimum Gasteiger partial charge on any atom is -0.507 e. The van der Waals surface area contributed by atoms with Crippen LogP contribution in [0.15, 0.2) is 42.5 Å². The van der Waals surface area contributed by atoms with Gasteiger partial charge in [0.2, 0.25) is 0 Å². The average Bonchev–Trinajstić information content (AvgIpc) is 3.14. The predicted octanol–water partition coefficient (Wildman–Crippen LogP) is 3.48. The van der Waals surface area contributed by atoms with Crippen LogP contribution < -0.4 is 4.74 Å². The summed E-state index contributed by atoms with van der Waals surface area (Å²) >= 11 is 6.19. The molecule has 0 aliphatic carbocycles. The van der Waals surface area contributed by atoms with Gasteiger partial charge in [0.25, 0.3) is 0 Å². The van der Waals surface area contributed by atoms with E-state index < -0.39 is 11.9 Å². The molecule has 0 aliphatic heterocycles. The number of benzene rings is 2. The third-order valence-electron chi connectivity index (χ3n) is 4.18. The van der Waals surface area contributed by atoms with Crippen molar-refractivity contribution in [1.29, 1.82) is 0 Å². The first kappa shape index (κ1) is 20.2. The lowest BCUT2D eigenvalue weighted by Crippen LogP contribution is -2.15. The number of para-hydroxylation sites is 1. The van der Waals surface area contributed by atoms with Gasteiger partial charge in [0.1, 0.15) is 22.8 Å². The molecule has 0 aliphatic rings. The number of ether oxygens (including phenoxy) is 3. The van der Waals surface area contributed by atoms with Crippen LogP contribution in [0.4, 0.5) is 0 Å². The van der Waals surface area contributed by atoms with Gasteiger partial charge in [-0.3, -0.25) is 0 Å². The maximum atomic E-state index is 12.6. The first-order chi connectivity index (χ1) is 13.9. The lowest BCUT2D eigenvalue weighted by Gasteiger charge is -2.09. The average molecular weight is 417 g/mol. The van der Waals surface area contributed by atoms with E-state index in [4.69, 9.17) is 25.8 Å². The van der Waals surface area contributed by atoms with Gasteiger partial charge >= 0.3 is 11.9 Å². The number of hydrogen-bond acceptors (Lipinski definition) is 7.